The Morgan fingerprint density at radius 1 is 1.33 bits per heavy atom. The molecule has 4 fully saturated rings. The van der Waals surface area contributed by atoms with Crippen molar-refractivity contribution in [3.05, 3.63) is 11.1 Å². The molecule has 0 saturated heterocycles. The molecule has 1 aromatic rings. The van der Waals surface area contributed by atoms with Crippen LogP contribution in [0.3, 0.4) is 0 Å². The van der Waals surface area contributed by atoms with Gasteiger partial charge < -0.3 is 10.6 Å². The van der Waals surface area contributed by atoms with Crippen LogP contribution in [0, 0.1) is 24.2 Å². The Hall–Kier alpha value is -1.14. The van der Waals surface area contributed by atoms with Crippen LogP contribution in [0.4, 0.5) is 5.13 Å². The minimum atomic E-state index is -0.357. The third-order valence-corrected chi connectivity index (χ3v) is 7.02. The van der Waals surface area contributed by atoms with Crippen LogP contribution in [0.1, 0.15) is 43.4 Å². The molecular weight excluding hydrogens is 346 g/mol. The number of thiazole rings is 1. The minimum Gasteiger partial charge on any atom is -0.347 e. The lowest BCUT2D eigenvalue weighted by atomic mass is 9.49. The molecule has 0 radical (unpaired) electrons. The van der Waals surface area contributed by atoms with Crippen LogP contribution >= 0.6 is 22.9 Å². The number of halogens is 1. The van der Waals surface area contributed by atoms with E-state index in [9.17, 15) is 9.59 Å². The molecule has 7 heteroatoms. The van der Waals surface area contributed by atoms with Crippen molar-refractivity contribution in [2.45, 2.75) is 50.3 Å². The number of hydrogen-bond donors (Lipinski definition) is 2. The number of nitrogens with zero attached hydrogens (tertiary/aromatic N) is 1. The molecule has 2 unspecified atom stereocenters. The van der Waals surface area contributed by atoms with Crippen molar-refractivity contribution in [1.29, 1.82) is 0 Å². The molecule has 4 saturated carbocycles. The summed E-state index contributed by atoms with van der Waals surface area (Å²) in [5, 5.41) is 6.15. The van der Waals surface area contributed by atoms with Gasteiger partial charge in [0.2, 0.25) is 11.8 Å². The van der Waals surface area contributed by atoms with Gasteiger partial charge in [-0.15, -0.1) is 22.9 Å². The zero-order valence-corrected chi connectivity index (χ0v) is 15.3. The lowest BCUT2D eigenvalue weighted by Crippen LogP contribution is -2.58. The molecule has 0 aliphatic heterocycles. The zero-order chi connectivity index (χ0) is 16.9. The lowest BCUT2D eigenvalue weighted by molar-refractivity contribution is -0.145. The molecule has 1 aromatic heterocycles. The normalized spacial score (nSPS) is 36.6. The van der Waals surface area contributed by atoms with Gasteiger partial charge in [-0.05, 0) is 57.3 Å². The third kappa shape index (κ3) is 2.94. The predicted octanol–water partition coefficient (Wildman–Crippen LogP) is 3.08. The molecule has 0 spiro atoms. The van der Waals surface area contributed by atoms with E-state index in [1.807, 2.05) is 6.92 Å². The Kier molecular flexibility index (Phi) is 3.88. The second kappa shape index (κ2) is 5.70. The lowest BCUT2D eigenvalue weighted by Gasteiger charge is -2.59. The van der Waals surface area contributed by atoms with Gasteiger partial charge in [-0.3, -0.25) is 9.59 Å². The van der Waals surface area contributed by atoms with Gasteiger partial charge in [-0.2, -0.15) is 0 Å². The number of carbonyl (C=O) groups is 2. The summed E-state index contributed by atoms with van der Waals surface area (Å²) in [4.78, 5) is 29.8. The van der Waals surface area contributed by atoms with E-state index in [1.165, 1.54) is 17.8 Å². The standard InChI is InChI=1S/C17H22ClN3O2S/c1-10-7-20-15(24-10)21-13(22)8-19-14(23)16-3-11-2-12(4-16)6-17(18,5-11)9-16/h7,11-12H,2-6,8-9H2,1H3,(H,19,23)(H,20,21,22)/t11-,12+,16?,17?. The predicted molar refractivity (Wildman–Crippen MR) is 94.2 cm³/mol. The first kappa shape index (κ1) is 16.3. The van der Waals surface area contributed by atoms with Gasteiger partial charge in [0, 0.05) is 15.9 Å². The number of carbonyl (C=O) groups excluding carboxylic acids is 2. The summed E-state index contributed by atoms with van der Waals surface area (Å²) >= 11 is 8.19. The van der Waals surface area contributed by atoms with E-state index >= 15 is 0 Å². The SMILES string of the molecule is Cc1cnc(NC(=O)CNC(=O)C23C[C@@H]4C[C@@H](CC(Cl)(C4)C2)C3)s1. The molecule has 2 N–H and O–H groups in total. The van der Waals surface area contributed by atoms with Crippen LogP contribution in [0.5, 0.6) is 0 Å². The molecule has 4 atom stereocenters. The van der Waals surface area contributed by atoms with Gasteiger partial charge in [0.25, 0.3) is 0 Å². The monoisotopic (exact) mass is 367 g/mol. The molecule has 5 rings (SSSR count). The third-order valence-electron chi connectivity index (χ3n) is 5.75. The Balaban J connectivity index is 1.37. The van der Waals surface area contributed by atoms with Crippen molar-refractivity contribution in [1.82, 2.24) is 10.3 Å². The number of alkyl halides is 1. The topological polar surface area (TPSA) is 71.1 Å². The fraction of sp³-hybridized carbons (Fsp3) is 0.706. The number of rotatable bonds is 4. The molecule has 1 heterocycles. The number of hydrogen-bond acceptors (Lipinski definition) is 4. The molecule has 0 aromatic carbocycles. The van der Waals surface area contributed by atoms with Crippen LogP contribution in [-0.2, 0) is 9.59 Å². The highest BCUT2D eigenvalue weighted by molar-refractivity contribution is 7.15. The maximum atomic E-state index is 12.8. The van der Waals surface area contributed by atoms with E-state index < -0.39 is 0 Å². The molecule has 24 heavy (non-hydrogen) atoms. The van der Waals surface area contributed by atoms with Crippen molar-refractivity contribution in [2.75, 3.05) is 11.9 Å². The summed E-state index contributed by atoms with van der Waals surface area (Å²) in [7, 11) is 0. The molecule has 130 valence electrons. The molecule has 4 aliphatic carbocycles. The molecular formula is C17H22ClN3O2S. The maximum absolute atomic E-state index is 12.8. The van der Waals surface area contributed by atoms with E-state index in [0.717, 1.165) is 37.0 Å². The summed E-state index contributed by atoms with van der Waals surface area (Å²) < 4.78 is 0. The zero-order valence-electron chi connectivity index (χ0n) is 13.7. The highest BCUT2D eigenvalue weighted by Gasteiger charge is 2.60. The van der Waals surface area contributed by atoms with Crippen molar-refractivity contribution in [3.63, 3.8) is 0 Å². The Labute approximate surface area is 150 Å². The van der Waals surface area contributed by atoms with Gasteiger partial charge in [-0.1, -0.05) is 0 Å². The fourth-order valence-corrected chi connectivity index (χ4v) is 6.71. The van der Waals surface area contributed by atoms with Gasteiger partial charge in [0.05, 0.1) is 12.0 Å². The Bertz CT molecular complexity index is 675. The summed E-state index contributed by atoms with van der Waals surface area (Å²) in [6, 6.07) is 0. The van der Waals surface area contributed by atoms with E-state index in [2.05, 4.69) is 15.6 Å². The first-order valence-corrected chi connectivity index (χ1v) is 9.75. The number of nitrogens with one attached hydrogen (secondary N) is 2. The largest absolute Gasteiger partial charge is 0.347 e. The van der Waals surface area contributed by atoms with Crippen LogP contribution in [0.25, 0.3) is 0 Å². The smallest absolute Gasteiger partial charge is 0.245 e. The molecule has 4 bridgehead atoms. The number of aryl methyl sites for hydroxylation is 1. The average Bonchev–Trinajstić information content (AvgIpc) is 2.87. The van der Waals surface area contributed by atoms with Crippen LogP contribution in [-0.4, -0.2) is 28.2 Å². The van der Waals surface area contributed by atoms with Gasteiger partial charge in [0.1, 0.15) is 0 Å². The van der Waals surface area contributed by atoms with Gasteiger partial charge in [-0.25, -0.2) is 4.98 Å². The van der Waals surface area contributed by atoms with E-state index in [-0.39, 0.29) is 28.6 Å². The Morgan fingerprint density at radius 3 is 2.62 bits per heavy atom. The van der Waals surface area contributed by atoms with Gasteiger partial charge >= 0.3 is 0 Å². The van der Waals surface area contributed by atoms with Crippen molar-refractivity contribution >= 4 is 39.9 Å². The maximum Gasteiger partial charge on any atom is 0.245 e. The van der Waals surface area contributed by atoms with Gasteiger partial charge in [0.15, 0.2) is 5.13 Å². The summed E-state index contributed by atoms with van der Waals surface area (Å²) in [5.41, 5.74) is -0.357. The summed E-state index contributed by atoms with van der Waals surface area (Å²) in [5.74, 6) is 0.915. The summed E-state index contributed by atoms with van der Waals surface area (Å²) in [6.07, 6.45) is 7.64. The highest BCUT2D eigenvalue weighted by Crippen LogP contribution is 2.63. The second-order valence-electron chi connectivity index (χ2n) is 7.90. The number of amides is 2. The van der Waals surface area contributed by atoms with Crippen molar-refractivity contribution < 1.29 is 9.59 Å². The highest BCUT2D eigenvalue weighted by atomic mass is 35.5. The Morgan fingerprint density at radius 2 is 2.04 bits per heavy atom. The van der Waals surface area contributed by atoms with E-state index in [4.69, 9.17) is 11.6 Å². The fourth-order valence-electron chi connectivity index (χ4n) is 5.34. The van der Waals surface area contributed by atoms with Crippen LogP contribution in [0.2, 0.25) is 0 Å². The number of aromatic nitrogens is 1. The van der Waals surface area contributed by atoms with Crippen LogP contribution in [0.15, 0.2) is 6.20 Å². The van der Waals surface area contributed by atoms with E-state index in [0.29, 0.717) is 17.0 Å². The van der Waals surface area contributed by atoms with Crippen molar-refractivity contribution in [3.8, 4) is 0 Å². The first-order valence-electron chi connectivity index (χ1n) is 8.55. The quantitative estimate of drug-likeness (QED) is 0.803. The summed E-state index contributed by atoms with van der Waals surface area (Å²) in [6.45, 7) is 1.92. The van der Waals surface area contributed by atoms with E-state index in [1.54, 1.807) is 6.20 Å². The minimum absolute atomic E-state index is 0.00657. The first-order chi connectivity index (χ1) is 11.4. The number of anilines is 1. The molecule has 2 amide bonds. The molecule has 5 nitrogen and oxygen atoms in total. The molecule has 4 aliphatic rings. The van der Waals surface area contributed by atoms with Crippen molar-refractivity contribution in [2.24, 2.45) is 17.3 Å². The average molecular weight is 368 g/mol. The van der Waals surface area contributed by atoms with Crippen LogP contribution < -0.4 is 10.6 Å². The second-order valence-corrected chi connectivity index (χ2v) is 9.94.